The fourth-order valence-corrected chi connectivity index (χ4v) is 4.94. The number of esters is 1. The average molecular weight is 380 g/mol. The first-order chi connectivity index (χ1) is 14.1. The standard InChI is InChI=1S/C25H16O4/c26-17-7-9-20-15(12-17)11-16-13-18(27)8-10-21(16)25(20)22-6-2-4-14-3-1-5-19(23(14)22)24(28)29-25/h1-10,12-13,26-27H,11H2. The van der Waals surface area contributed by atoms with Crippen LogP contribution in [0, 0.1) is 0 Å². The largest absolute Gasteiger partial charge is 0.508 e. The highest BCUT2D eigenvalue weighted by molar-refractivity contribution is 6.09. The lowest BCUT2D eigenvalue weighted by Crippen LogP contribution is -2.42. The Labute approximate surface area is 166 Å². The maximum absolute atomic E-state index is 13.2. The van der Waals surface area contributed by atoms with Crippen LogP contribution in [0.15, 0.2) is 72.8 Å². The van der Waals surface area contributed by atoms with Gasteiger partial charge in [-0.3, -0.25) is 0 Å². The van der Waals surface area contributed by atoms with Crippen LogP contribution in [-0.4, -0.2) is 16.2 Å². The summed E-state index contributed by atoms with van der Waals surface area (Å²) < 4.78 is 6.26. The van der Waals surface area contributed by atoms with Crippen LogP contribution in [0.4, 0.5) is 0 Å². The number of fused-ring (bicyclic) bond motifs is 5. The third-order valence-electron chi connectivity index (χ3n) is 6.07. The van der Waals surface area contributed by atoms with Crippen molar-refractivity contribution in [3.63, 3.8) is 0 Å². The Morgan fingerprint density at radius 1 is 0.759 bits per heavy atom. The van der Waals surface area contributed by atoms with Gasteiger partial charge in [-0.25, -0.2) is 4.79 Å². The van der Waals surface area contributed by atoms with Gasteiger partial charge in [-0.05, 0) is 53.3 Å². The summed E-state index contributed by atoms with van der Waals surface area (Å²) in [4.78, 5) is 13.2. The van der Waals surface area contributed by atoms with Crippen molar-refractivity contribution in [2.75, 3.05) is 0 Å². The van der Waals surface area contributed by atoms with E-state index in [1.165, 1.54) is 0 Å². The molecule has 4 nitrogen and oxygen atoms in total. The van der Waals surface area contributed by atoms with Gasteiger partial charge in [-0.1, -0.05) is 42.5 Å². The van der Waals surface area contributed by atoms with E-state index < -0.39 is 5.60 Å². The van der Waals surface area contributed by atoms with E-state index in [2.05, 4.69) is 0 Å². The highest BCUT2D eigenvalue weighted by Gasteiger charge is 2.49. The quantitative estimate of drug-likeness (QED) is 0.437. The maximum Gasteiger partial charge on any atom is 0.340 e. The number of hydrogen-bond donors (Lipinski definition) is 2. The zero-order valence-corrected chi connectivity index (χ0v) is 15.3. The zero-order valence-electron chi connectivity index (χ0n) is 15.3. The van der Waals surface area contributed by atoms with Gasteiger partial charge in [0, 0.05) is 22.1 Å². The number of carbonyl (C=O) groups is 1. The Morgan fingerprint density at radius 3 is 2.03 bits per heavy atom. The smallest absolute Gasteiger partial charge is 0.340 e. The molecule has 6 rings (SSSR count). The third-order valence-corrected chi connectivity index (χ3v) is 6.07. The number of carbonyl (C=O) groups excluding carboxylic acids is 1. The minimum atomic E-state index is -1.13. The molecule has 0 atom stereocenters. The summed E-state index contributed by atoms with van der Waals surface area (Å²) in [5, 5.41) is 22.0. The zero-order chi connectivity index (χ0) is 19.8. The monoisotopic (exact) mass is 380 g/mol. The lowest BCUT2D eigenvalue weighted by atomic mass is 9.68. The second-order valence-electron chi connectivity index (χ2n) is 7.64. The van der Waals surface area contributed by atoms with Gasteiger partial charge in [0.1, 0.15) is 11.5 Å². The first-order valence-corrected chi connectivity index (χ1v) is 9.48. The Kier molecular flexibility index (Phi) is 3.01. The maximum atomic E-state index is 13.2. The van der Waals surface area contributed by atoms with Crippen molar-refractivity contribution >= 4 is 16.7 Å². The molecule has 140 valence electrons. The molecule has 0 unspecified atom stereocenters. The van der Waals surface area contributed by atoms with Crippen molar-refractivity contribution in [3.05, 3.63) is 106 Å². The first-order valence-electron chi connectivity index (χ1n) is 9.48. The van der Waals surface area contributed by atoms with Gasteiger partial charge in [0.2, 0.25) is 0 Å². The summed E-state index contributed by atoms with van der Waals surface area (Å²) in [5.74, 6) is -0.0688. The predicted octanol–water partition coefficient (Wildman–Crippen LogP) is 4.62. The molecule has 2 aliphatic rings. The molecule has 2 N–H and O–H groups in total. The van der Waals surface area contributed by atoms with Gasteiger partial charge >= 0.3 is 5.97 Å². The van der Waals surface area contributed by atoms with E-state index >= 15 is 0 Å². The van der Waals surface area contributed by atoms with Crippen LogP contribution < -0.4 is 0 Å². The summed E-state index contributed by atoms with van der Waals surface area (Å²) in [6, 6.07) is 21.9. The number of benzene rings is 4. The Morgan fingerprint density at radius 2 is 1.38 bits per heavy atom. The van der Waals surface area contributed by atoms with Crippen molar-refractivity contribution in [2.24, 2.45) is 0 Å². The van der Waals surface area contributed by atoms with Crippen LogP contribution in [0.3, 0.4) is 0 Å². The van der Waals surface area contributed by atoms with Crippen molar-refractivity contribution in [2.45, 2.75) is 12.0 Å². The molecule has 0 fully saturated rings. The molecule has 0 radical (unpaired) electrons. The van der Waals surface area contributed by atoms with E-state index in [1.54, 1.807) is 30.3 Å². The third kappa shape index (κ3) is 2.00. The van der Waals surface area contributed by atoms with E-state index in [4.69, 9.17) is 4.74 Å². The highest BCUT2D eigenvalue weighted by Crippen LogP contribution is 2.52. The molecule has 0 bridgehead atoms. The molecule has 4 heteroatoms. The second-order valence-corrected chi connectivity index (χ2v) is 7.64. The number of phenols is 2. The van der Waals surface area contributed by atoms with Gasteiger partial charge < -0.3 is 14.9 Å². The fourth-order valence-electron chi connectivity index (χ4n) is 4.94. The molecule has 4 aromatic rings. The molecule has 0 saturated heterocycles. The Hall–Kier alpha value is -3.79. The van der Waals surface area contributed by atoms with Gasteiger partial charge in [0.15, 0.2) is 5.60 Å². The lowest BCUT2D eigenvalue weighted by Gasteiger charge is -2.43. The molecule has 1 heterocycles. The van der Waals surface area contributed by atoms with Crippen LogP contribution in [0.2, 0.25) is 0 Å². The molecule has 0 saturated carbocycles. The van der Waals surface area contributed by atoms with Gasteiger partial charge in [0.05, 0.1) is 5.56 Å². The normalized spacial score (nSPS) is 15.7. The molecular formula is C25H16O4. The Bertz CT molecular complexity index is 1300. The van der Waals surface area contributed by atoms with Gasteiger partial charge in [-0.2, -0.15) is 0 Å². The van der Waals surface area contributed by atoms with Crippen molar-refractivity contribution in [3.8, 4) is 11.5 Å². The SMILES string of the molecule is O=C1OC2(c3ccc(O)cc3Cc3cc(O)ccc32)c2cccc3cccc1c23. The van der Waals surface area contributed by atoms with E-state index in [0.29, 0.717) is 12.0 Å². The number of rotatable bonds is 0. The summed E-state index contributed by atoms with van der Waals surface area (Å²) in [7, 11) is 0. The van der Waals surface area contributed by atoms with E-state index in [9.17, 15) is 15.0 Å². The first kappa shape index (κ1) is 16.2. The number of aromatic hydroxyl groups is 2. The molecule has 1 spiro atoms. The summed E-state index contributed by atoms with van der Waals surface area (Å²) >= 11 is 0. The van der Waals surface area contributed by atoms with Crippen molar-refractivity contribution in [1.82, 2.24) is 0 Å². The summed E-state index contributed by atoms with van der Waals surface area (Å²) in [6.07, 6.45) is 0.532. The minimum absolute atomic E-state index is 0.156. The second kappa shape index (κ2) is 5.39. The van der Waals surface area contributed by atoms with Gasteiger partial charge in [-0.15, -0.1) is 0 Å². The minimum Gasteiger partial charge on any atom is -0.508 e. The topological polar surface area (TPSA) is 66.8 Å². The molecular weight excluding hydrogens is 364 g/mol. The van der Waals surface area contributed by atoms with Crippen molar-refractivity contribution < 1.29 is 19.7 Å². The molecule has 0 amide bonds. The average Bonchev–Trinajstić information content (AvgIpc) is 2.71. The molecule has 1 aliphatic carbocycles. The number of ether oxygens (including phenoxy) is 1. The van der Waals surface area contributed by atoms with E-state index in [-0.39, 0.29) is 17.5 Å². The number of hydrogen-bond acceptors (Lipinski definition) is 4. The molecule has 0 aromatic heterocycles. The predicted molar refractivity (Wildman–Crippen MR) is 108 cm³/mol. The lowest BCUT2D eigenvalue weighted by molar-refractivity contribution is 0.0113. The summed E-state index contributed by atoms with van der Waals surface area (Å²) in [5.41, 5.74) is 3.72. The van der Waals surface area contributed by atoms with Crippen LogP contribution >= 0.6 is 0 Å². The van der Waals surface area contributed by atoms with Crippen LogP contribution in [-0.2, 0) is 16.8 Å². The van der Waals surface area contributed by atoms with E-state index in [0.717, 1.165) is 38.6 Å². The molecule has 4 aromatic carbocycles. The highest BCUT2D eigenvalue weighted by atomic mass is 16.6. The van der Waals surface area contributed by atoms with Crippen LogP contribution in [0.5, 0.6) is 11.5 Å². The molecule has 1 aliphatic heterocycles. The number of phenolic OH excluding ortho intramolecular Hbond substituents is 2. The van der Waals surface area contributed by atoms with Gasteiger partial charge in [0.25, 0.3) is 0 Å². The van der Waals surface area contributed by atoms with Crippen molar-refractivity contribution in [1.29, 1.82) is 0 Å². The molecule has 29 heavy (non-hydrogen) atoms. The summed E-state index contributed by atoms with van der Waals surface area (Å²) in [6.45, 7) is 0. The Balaban J connectivity index is 1.82. The van der Waals surface area contributed by atoms with Crippen LogP contribution in [0.25, 0.3) is 10.8 Å². The van der Waals surface area contributed by atoms with E-state index in [1.807, 2.05) is 42.5 Å². The fraction of sp³-hybridized carbons (Fsp3) is 0.0800. The van der Waals surface area contributed by atoms with Crippen LogP contribution in [0.1, 0.15) is 38.2 Å².